The molecule has 1 spiro atoms. The largest absolute Gasteiger partial charge is 0.484 e. The molecule has 2 aliphatic rings. The number of carbonyl (C=O) groups excluding carboxylic acids is 3. The van der Waals surface area contributed by atoms with Crippen molar-refractivity contribution in [3.8, 4) is 5.75 Å². The summed E-state index contributed by atoms with van der Waals surface area (Å²) in [5.74, 6) is -0.700. The second-order valence-electron chi connectivity index (χ2n) is 8.83. The normalized spacial score (nSPS) is 20.9. The molecule has 9 nitrogen and oxygen atoms in total. The van der Waals surface area contributed by atoms with E-state index in [1.807, 2.05) is 13.0 Å². The summed E-state index contributed by atoms with van der Waals surface area (Å²) in [4.78, 5) is 44.4. The van der Waals surface area contributed by atoms with E-state index in [0.717, 1.165) is 5.56 Å². The minimum Gasteiger partial charge on any atom is -0.484 e. The van der Waals surface area contributed by atoms with E-state index in [1.165, 1.54) is 11.0 Å². The predicted molar refractivity (Wildman–Crippen MR) is 140 cm³/mol. The van der Waals surface area contributed by atoms with Gasteiger partial charge in [-0.3, -0.25) is 14.4 Å². The SMILES string of the molecule is CC=CC=CC(=O)N1CC2(CC(c3cccc(NC(=O)COc4ccc(Cl)cc4)c3)=NO2)CC1C(N)=O. The quantitative estimate of drug-likeness (QED) is 0.406. The Bertz CT molecular complexity index is 1270. The van der Waals surface area contributed by atoms with Crippen LogP contribution in [0, 0.1) is 0 Å². The van der Waals surface area contributed by atoms with Gasteiger partial charge in [0.15, 0.2) is 12.2 Å². The number of primary amides is 1. The zero-order valence-corrected chi connectivity index (χ0v) is 21.0. The van der Waals surface area contributed by atoms with Crippen LogP contribution in [0.4, 0.5) is 5.69 Å². The van der Waals surface area contributed by atoms with Crippen LogP contribution in [0.3, 0.4) is 0 Å². The fourth-order valence-electron chi connectivity index (χ4n) is 4.30. The van der Waals surface area contributed by atoms with Crippen LogP contribution in [0.5, 0.6) is 5.75 Å². The van der Waals surface area contributed by atoms with Gasteiger partial charge in [0.1, 0.15) is 11.8 Å². The fourth-order valence-corrected chi connectivity index (χ4v) is 4.43. The molecule has 2 aliphatic heterocycles. The Kier molecular flexibility index (Phi) is 7.93. The third-order valence-corrected chi connectivity index (χ3v) is 6.31. The van der Waals surface area contributed by atoms with Gasteiger partial charge in [0.05, 0.1) is 12.3 Å². The number of amides is 3. The van der Waals surface area contributed by atoms with Gasteiger partial charge in [0.25, 0.3) is 5.91 Å². The predicted octanol–water partition coefficient (Wildman–Crippen LogP) is 3.44. The summed E-state index contributed by atoms with van der Waals surface area (Å²) in [5.41, 5.74) is 6.72. The number of anilines is 1. The summed E-state index contributed by atoms with van der Waals surface area (Å²) in [5, 5.41) is 7.64. The molecular formula is C27H27ClN4O5. The first-order valence-corrected chi connectivity index (χ1v) is 12.1. The number of oxime groups is 1. The van der Waals surface area contributed by atoms with Gasteiger partial charge in [-0.15, -0.1) is 0 Å². The number of nitrogens with zero attached hydrogens (tertiary/aromatic N) is 2. The maximum Gasteiger partial charge on any atom is 0.262 e. The van der Waals surface area contributed by atoms with Crippen LogP contribution in [0.25, 0.3) is 0 Å². The Morgan fingerprint density at radius 1 is 1.24 bits per heavy atom. The zero-order chi connectivity index (χ0) is 26.4. The molecule has 3 N–H and O–H groups in total. The third-order valence-electron chi connectivity index (χ3n) is 6.06. The third kappa shape index (κ3) is 6.37. The van der Waals surface area contributed by atoms with Gasteiger partial charge >= 0.3 is 0 Å². The first-order chi connectivity index (χ1) is 17.8. The molecule has 10 heteroatoms. The molecule has 2 heterocycles. The molecule has 2 unspecified atom stereocenters. The lowest BCUT2D eigenvalue weighted by atomic mass is 9.91. The van der Waals surface area contributed by atoms with E-state index in [0.29, 0.717) is 28.6 Å². The number of hydrogen-bond donors (Lipinski definition) is 2. The number of nitrogens with one attached hydrogen (secondary N) is 1. The summed E-state index contributed by atoms with van der Waals surface area (Å²) in [6, 6.07) is 13.1. The molecule has 0 aliphatic carbocycles. The highest BCUT2D eigenvalue weighted by Gasteiger charge is 2.52. The van der Waals surface area contributed by atoms with Gasteiger partial charge in [0.2, 0.25) is 11.8 Å². The smallest absolute Gasteiger partial charge is 0.262 e. The summed E-state index contributed by atoms with van der Waals surface area (Å²) in [7, 11) is 0. The van der Waals surface area contributed by atoms with E-state index in [1.54, 1.807) is 60.7 Å². The maximum atomic E-state index is 12.7. The molecule has 2 aromatic rings. The Balaban J connectivity index is 1.39. The molecule has 2 atom stereocenters. The van der Waals surface area contributed by atoms with E-state index in [-0.39, 0.29) is 31.4 Å². The molecule has 0 radical (unpaired) electrons. The molecule has 0 bridgehead atoms. The van der Waals surface area contributed by atoms with Crippen LogP contribution in [0.15, 0.2) is 78.0 Å². The number of carbonyl (C=O) groups is 3. The molecule has 0 saturated carbocycles. The van der Waals surface area contributed by atoms with Crippen molar-refractivity contribution in [2.75, 3.05) is 18.5 Å². The molecule has 37 heavy (non-hydrogen) atoms. The van der Waals surface area contributed by atoms with Gasteiger partial charge in [-0.05, 0) is 43.3 Å². The van der Waals surface area contributed by atoms with Crippen LogP contribution in [0.2, 0.25) is 5.02 Å². The first kappa shape index (κ1) is 26.0. The number of halogens is 1. The summed E-state index contributed by atoms with van der Waals surface area (Å²) >= 11 is 5.86. The average Bonchev–Trinajstić information content (AvgIpc) is 3.48. The van der Waals surface area contributed by atoms with E-state index >= 15 is 0 Å². The van der Waals surface area contributed by atoms with Crippen molar-refractivity contribution in [1.82, 2.24) is 4.90 Å². The first-order valence-electron chi connectivity index (χ1n) is 11.7. The van der Waals surface area contributed by atoms with Crippen molar-refractivity contribution < 1.29 is 24.0 Å². The highest BCUT2D eigenvalue weighted by Crippen LogP contribution is 2.39. The lowest BCUT2D eigenvalue weighted by Crippen LogP contribution is -2.43. The van der Waals surface area contributed by atoms with Crippen molar-refractivity contribution in [1.29, 1.82) is 0 Å². The number of rotatable bonds is 8. The number of likely N-dealkylation sites (tertiary alicyclic amines) is 1. The summed E-state index contributed by atoms with van der Waals surface area (Å²) in [6.45, 7) is 1.86. The minimum absolute atomic E-state index is 0.167. The molecule has 3 amide bonds. The standard InChI is InChI=1S/C27H27ClN4O5/c1-2-3-4-8-25(34)32-17-27(15-23(32)26(29)35)14-22(31-37-27)18-6-5-7-20(13-18)30-24(33)16-36-21-11-9-19(28)10-12-21/h2-13,23H,14-17H2,1H3,(H2,29,35)(H,30,33). The van der Waals surface area contributed by atoms with Gasteiger partial charge in [0, 0.05) is 35.2 Å². The minimum atomic E-state index is -0.842. The Hall–Kier alpha value is -4.11. The van der Waals surface area contributed by atoms with Crippen molar-refractivity contribution >= 4 is 40.7 Å². The van der Waals surface area contributed by atoms with E-state index in [4.69, 9.17) is 26.9 Å². The topological polar surface area (TPSA) is 123 Å². The van der Waals surface area contributed by atoms with Crippen LogP contribution in [-0.2, 0) is 19.2 Å². The van der Waals surface area contributed by atoms with Gasteiger partial charge in [-0.2, -0.15) is 0 Å². The van der Waals surface area contributed by atoms with E-state index < -0.39 is 17.6 Å². The van der Waals surface area contributed by atoms with Crippen molar-refractivity contribution in [3.63, 3.8) is 0 Å². The lowest BCUT2D eigenvalue weighted by Gasteiger charge is -2.21. The van der Waals surface area contributed by atoms with Gasteiger partial charge < -0.3 is 25.5 Å². The summed E-state index contributed by atoms with van der Waals surface area (Å²) in [6.07, 6.45) is 7.17. The van der Waals surface area contributed by atoms with Gasteiger partial charge in [-0.1, -0.05) is 47.1 Å². The molecule has 0 aromatic heterocycles. The molecule has 1 saturated heterocycles. The van der Waals surface area contributed by atoms with E-state index in [9.17, 15) is 14.4 Å². The van der Waals surface area contributed by atoms with Crippen molar-refractivity contribution in [3.05, 3.63) is 83.4 Å². The summed E-state index contributed by atoms with van der Waals surface area (Å²) < 4.78 is 5.49. The second-order valence-corrected chi connectivity index (χ2v) is 9.27. The Morgan fingerprint density at radius 3 is 2.76 bits per heavy atom. The van der Waals surface area contributed by atoms with Crippen molar-refractivity contribution in [2.45, 2.75) is 31.4 Å². The molecular weight excluding hydrogens is 496 g/mol. The molecule has 192 valence electrons. The molecule has 4 rings (SSSR count). The highest BCUT2D eigenvalue weighted by atomic mass is 35.5. The Labute approximate surface area is 219 Å². The van der Waals surface area contributed by atoms with Crippen LogP contribution < -0.4 is 15.8 Å². The van der Waals surface area contributed by atoms with Gasteiger partial charge in [-0.25, -0.2) is 0 Å². The fraction of sp³-hybridized carbons (Fsp3) is 0.259. The lowest BCUT2D eigenvalue weighted by molar-refractivity contribution is -0.133. The monoisotopic (exact) mass is 522 g/mol. The van der Waals surface area contributed by atoms with Crippen molar-refractivity contribution in [2.24, 2.45) is 10.9 Å². The van der Waals surface area contributed by atoms with Crippen LogP contribution in [0.1, 0.15) is 25.3 Å². The second kappa shape index (κ2) is 11.3. The molecule has 2 aromatic carbocycles. The van der Waals surface area contributed by atoms with E-state index in [2.05, 4.69) is 10.5 Å². The zero-order valence-electron chi connectivity index (χ0n) is 20.2. The van der Waals surface area contributed by atoms with Crippen LogP contribution >= 0.6 is 11.6 Å². The van der Waals surface area contributed by atoms with Crippen LogP contribution in [-0.4, -0.2) is 53.1 Å². The Morgan fingerprint density at radius 2 is 2.03 bits per heavy atom. The highest BCUT2D eigenvalue weighted by molar-refractivity contribution is 6.30. The number of ether oxygens (including phenoxy) is 1. The average molecular weight is 523 g/mol. The number of allylic oxidation sites excluding steroid dienone is 3. The number of hydrogen-bond acceptors (Lipinski definition) is 6. The molecule has 1 fully saturated rings. The maximum absolute atomic E-state index is 12.7. The number of nitrogens with two attached hydrogens (primary N) is 1. The number of benzene rings is 2.